The second-order valence-corrected chi connectivity index (χ2v) is 3.62. The SMILES string of the molecule is CC/C=C/[C@@H](O)[C@@H](Cl)[C@H](O)CC(=O)OC. The third kappa shape index (κ3) is 5.77. The number of carbonyl (C=O) groups excluding carboxylic acids is 1. The molecule has 5 heteroatoms. The highest BCUT2D eigenvalue weighted by Gasteiger charge is 2.25. The maximum atomic E-state index is 10.8. The number of carbonyl (C=O) groups is 1. The average molecular weight is 237 g/mol. The lowest BCUT2D eigenvalue weighted by Crippen LogP contribution is -2.33. The number of allylic oxidation sites excluding steroid dienone is 1. The van der Waals surface area contributed by atoms with Crippen LogP contribution < -0.4 is 0 Å². The predicted molar refractivity (Wildman–Crippen MR) is 57.7 cm³/mol. The Balaban J connectivity index is 4.12. The molecule has 0 aliphatic rings. The number of halogens is 1. The second-order valence-electron chi connectivity index (χ2n) is 3.12. The van der Waals surface area contributed by atoms with Crippen molar-refractivity contribution in [2.75, 3.05) is 7.11 Å². The number of hydrogen-bond donors (Lipinski definition) is 2. The topological polar surface area (TPSA) is 66.8 Å². The third-order valence-electron chi connectivity index (χ3n) is 1.87. The summed E-state index contributed by atoms with van der Waals surface area (Å²) in [5.74, 6) is -0.556. The van der Waals surface area contributed by atoms with Crippen LogP contribution in [0.2, 0.25) is 0 Å². The summed E-state index contributed by atoms with van der Waals surface area (Å²) < 4.78 is 4.37. The van der Waals surface area contributed by atoms with Crippen LogP contribution in [0.15, 0.2) is 12.2 Å². The van der Waals surface area contributed by atoms with E-state index in [1.807, 2.05) is 6.92 Å². The van der Waals surface area contributed by atoms with Crippen LogP contribution in [0.1, 0.15) is 19.8 Å². The number of alkyl halides is 1. The van der Waals surface area contributed by atoms with E-state index >= 15 is 0 Å². The van der Waals surface area contributed by atoms with Gasteiger partial charge in [-0.3, -0.25) is 4.79 Å². The lowest BCUT2D eigenvalue weighted by atomic mass is 10.1. The predicted octanol–water partition coefficient (Wildman–Crippen LogP) is 0.845. The first-order chi connectivity index (χ1) is 7.02. The molecule has 0 saturated carbocycles. The van der Waals surface area contributed by atoms with Crippen LogP contribution in [-0.4, -0.2) is 40.9 Å². The molecule has 0 aliphatic carbocycles. The Morgan fingerprint density at radius 2 is 2.13 bits per heavy atom. The number of rotatable bonds is 6. The minimum Gasteiger partial charge on any atom is -0.469 e. The van der Waals surface area contributed by atoms with Gasteiger partial charge in [0.15, 0.2) is 0 Å². The number of methoxy groups -OCH3 is 1. The van der Waals surface area contributed by atoms with E-state index in [0.29, 0.717) is 0 Å². The Kier molecular flexibility index (Phi) is 7.38. The molecule has 0 heterocycles. The molecule has 0 aliphatic heterocycles. The van der Waals surface area contributed by atoms with Crippen molar-refractivity contribution in [3.63, 3.8) is 0 Å². The summed E-state index contributed by atoms with van der Waals surface area (Å²) in [5, 5.41) is 18.0. The molecule has 0 bridgehead atoms. The fourth-order valence-corrected chi connectivity index (χ4v) is 1.15. The molecule has 0 aromatic carbocycles. The van der Waals surface area contributed by atoms with Gasteiger partial charge in [-0.05, 0) is 6.42 Å². The van der Waals surface area contributed by atoms with E-state index in [4.69, 9.17) is 11.6 Å². The molecular formula is C10H17ClO4. The summed E-state index contributed by atoms with van der Waals surface area (Å²) in [7, 11) is 1.23. The van der Waals surface area contributed by atoms with Gasteiger partial charge in [-0.2, -0.15) is 0 Å². The lowest BCUT2D eigenvalue weighted by Gasteiger charge is -2.18. The Labute approximate surface area is 94.5 Å². The van der Waals surface area contributed by atoms with Crippen LogP contribution in [-0.2, 0) is 9.53 Å². The fraction of sp³-hybridized carbons (Fsp3) is 0.700. The summed E-state index contributed by atoms with van der Waals surface area (Å²) in [6.07, 6.45) is 1.71. The van der Waals surface area contributed by atoms with Gasteiger partial charge in [-0.15, -0.1) is 11.6 Å². The zero-order valence-corrected chi connectivity index (χ0v) is 9.65. The van der Waals surface area contributed by atoms with Gasteiger partial charge >= 0.3 is 5.97 Å². The maximum Gasteiger partial charge on any atom is 0.308 e. The molecule has 0 saturated heterocycles. The Bertz CT molecular complexity index is 217. The first-order valence-electron chi connectivity index (χ1n) is 4.76. The molecule has 15 heavy (non-hydrogen) atoms. The summed E-state index contributed by atoms with van der Waals surface area (Å²) in [6.45, 7) is 1.91. The van der Waals surface area contributed by atoms with Crippen LogP contribution in [0.4, 0.5) is 0 Å². The summed E-state index contributed by atoms with van der Waals surface area (Å²) in [5.41, 5.74) is 0. The van der Waals surface area contributed by atoms with E-state index in [0.717, 1.165) is 6.42 Å². The summed E-state index contributed by atoms with van der Waals surface area (Å²) in [4.78, 5) is 10.8. The molecule has 3 atom stereocenters. The zero-order chi connectivity index (χ0) is 11.8. The Morgan fingerprint density at radius 1 is 1.53 bits per heavy atom. The zero-order valence-electron chi connectivity index (χ0n) is 8.89. The first kappa shape index (κ1) is 14.4. The van der Waals surface area contributed by atoms with Crippen molar-refractivity contribution in [1.82, 2.24) is 0 Å². The normalized spacial score (nSPS) is 17.4. The highest BCUT2D eigenvalue weighted by Crippen LogP contribution is 2.13. The van der Waals surface area contributed by atoms with Crippen LogP contribution in [0, 0.1) is 0 Å². The maximum absolute atomic E-state index is 10.8. The van der Waals surface area contributed by atoms with Gasteiger partial charge < -0.3 is 14.9 Å². The molecule has 4 nitrogen and oxygen atoms in total. The second kappa shape index (κ2) is 7.68. The first-order valence-corrected chi connectivity index (χ1v) is 5.20. The lowest BCUT2D eigenvalue weighted by molar-refractivity contribution is -0.143. The van der Waals surface area contributed by atoms with Crippen molar-refractivity contribution in [2.24, 2.45) is 0 Å². The van der Waals surface area contributed by atoms with Crippen molar-refractivity contribution in [2.45, 2.75) is 37.4 Å². The standard InChI is InChI=1S/C10H17ClO4/c1-3-4-5-7(12)10(11)8(13)6-9(14)15-2/h4-5,7-8,10,12-13H,3,6H2,1-2H3/b5-4+/t7-,8-,10-/m1/s1. The third-order valence-corrected chi connectivity index (χ3v) is 2.42. The van der Waals surface area contributed by atoms with E-state index < -0.39 is 23.6 Å². The number of aliphatic hydroxyl groups is 2. The van der Waals surface area contributed by atoms with Gasteiger partial charge in [0.1, 0.15) is 0 Å². The molecule has 0 unspecified atom stereocenters. The molecule has 0 aromatic rings. The Hall–Kier alpha value is -0.580. The Morgan fingerprint density at radius 3 is 2.60 bits per heavy atom. The van der Waals surface area contributed by atoms with Crippen molar-refractivity contribution in [1.29, 1.82) is 0 Å². The highest BCUT2D eigenvalue weighted by molar-refractivity contribution is 6.21. The molecule has 0 radical (unpaired) electrons. The quantitative estimate of drug-likeness (QED) is 0.408. The molecule has 0 fully saturated rings. The van der Waals surface area contributed by atoms with E-state index in [1.54, 1.807) is 6.08 Å². The van der Waals surface area contributed by atoms with E-state index in [1.165, 1.54) is 13.2 Å². The van der Waals surface area contributed by atoms with Gasteiger partial charge in [-0.1, -0.05) is 19.1 Å². The molecule has 0 aromatic heterocycles. The van der Waals surface area contributed by atoms with E-state index in [9.17, 15) is 15.0 Å². The molecule has 2 N–H and O–H groups in total. The van der Waals surface area contributed by atoms with Crippen molar-refractivity contribution in [3.05, 3.63) is 12.2 Å². The minimum atomic E-state index is -1.12. The fourth-order valence-electron chi connectivity index (χ4n) is 0.976. The summed E-state index contributed by atoms with van der Waals surface area (Å²) in [6, 6.07) is 0. The molecule has 0 spiro atoms. The van der Waals surface area contributed by atoms with Gasteiger partial charge in [0.2, 0.25) is 0 Å². The summed E-state index contributed by atoms with van der Waals surface area (Å²) >= 11 is 5.76. The van der Waals surface area contributed by atoms with Crippen LogP contribution in [0.25, 0.3) is 0 Å². The number of esters is 1. The van der Waals surface area contributed by atoms with E-state index in [2.05, 4.69) is 4.74 Å². The minimum absolute atomic E-state index is 0.221. The number of ether oxygens (including phenoxy) is 1. The highest BCUT2D eigenvalue weighted by atomic mass is 35.5. The number of hydrogen-bond acceptors (Lipinski definition) is 4. The van der Waals surface area contributed by atoms with Gasteiger partial charge in [0.25, 0.3) is 0 Å². The largest absolute Gasteiger partial charge is 0.469 e. The van der Waals surface area contributed by atoms with Gasteiger partial charge in [0, 0.05) is 0 Å². The smallest absolute Gasteiger partial charge is 0.308 e. The van der Waals surface area contributed by atoms with Crippen LogP contribution in [0.5, 0.6) is 0 Å². The van der Waals surface area contributed by atoms with Crippen molar-refractivity contribution in [3.8, 4) is 0 Å². The monoisotopic (exact) mass is 236 g/mol. The van der Waals surface area contributed by atoms with Crippen LogP contribution >= 0.6 is 11.6 Å². The number of aliphatic hydroxyl groups excluding tert-OH is 2. The van der Waals surface area contributed by atoms with Crippen molar-refractivity contribution < 1.29 is 19.7 Å². The van der Waals surface area contributed by atoms with Gasteiger partial charge in [0.05, 0.1) is 31.1 Å². The molecule has 0 rings (SSSR count). The van der Waals surface area contributed by atoms with Gasteiger partial charge in [-0.25, -0.2) is 0 Å². The van der Waals surface area contributed by atoms with Crippen LogP contribution in [0.3, 0.4) is 0 Å². The molecule has 0 amide bonds. The average Bonchev–Trinajstić information content (AvgIpc) is 2.24. The molecule has 88 valence electrons. The van der Waals surface area contributed by atoms with Crippen molar-refractivity contribution >= 4 is 17.6 Å². The molecular weight excluding hydrogens is 220 g/mol. The van der Waals surface area contributed by atoms with E-state index in [-0.39, 0.29) is 6.42 Å².